The van der Waals surface area contributed by atoms with Crippen molar-refractivity contribution in [1.29, 1.82) is 0 Å². The lowest BCUT2D eigenvalue weighted by molar-refractivity contribution is -0.140. The molecule has 172 valence electrons. The van der Waals surface area contributed by atoms with Gasteiger partial charge in [-0.1, -0.05) is 24.3 Å². The van der Waals surface area contributed by atoms with E-state index < -0.39 is 17.7 Å². The van der Waals surface area contributed by atoms with Gasteiger partial charge in [0.2, 0.25) is 0 Å². The second kappa shape index (κ2) is 8.75. The molecule has 1 aliphatic rings. The number of aliphatic hydroxyl groups is 1. The lowest BCUT2D eigenvalue weighted by Crippen LogP contribution is -2.32. The molecule has 2 aromatic carbocycles. The monoisotopic (exact) mass is 448 g/mol. The first-order chi connectivity index (χ1) is 15.8. The number of benzene rings is 2. The maximum absolute atomic E-state index is 13.3. The Morgan fingerprint density at radius 2 is 1.85 bits per heavy atom. The number of likely N-dealkylation sites (tertiary alicyclic amines) is 1. The second-order valence-corrected chi connectivity index (χ2v) is 8.36. The Morgan fingerprint density at radius 1 is 1.12 bits per heavy atom. The van der Waals surface area contributed by atoms with E-state index in [-0.39, 0.29) is 24.5 Å². The largest absolute Gasteiger partial charge is 0.507 e. The lowest BCUT2D eigenvalue weighted by atomic mass is 9.92. The van der Waals surface area contributed by atoms with Gasteiger partial charge in [-0.15, -0.1) is 0 Å². The number of nitrogens with zero attached hydrogens (tertiary/aromatic N) is 1. The van der Waals surface area contributed by atoms with Gasteiger partial charge in [-0.3, -0.25) is 9.59 Å². The lowest BCUT2D eigenvalue weighted by Gasteiger charge is -2.25. The zero-order chi connectivity index (χ0) is 23.9. The van der Waals surface area contributed by atoms with Crippen molar-refractivity contribution in [2.24, 2.45) is 0 Å². The summed E-state index contributed by atoms with van der Waals surface area (Å²) in [6, 6.07) is 10.7. The molecular weight excluding hydrogens is 420 g/mol. The molecule has 1 fully saturated rings. The molecule has 1 unspecified atom stereocenters. The number of aromatic nitrogens is 1. The maximum Gasteiger partial charge on any atom is 0.295 e. The predicted octanol–water partition coefficient (Wildman–Crippen LogP) is 4.17. The maximum atomic E-state index is 13.3. The van der Waals surface area contributed by atoms with Crippen LogP contribution in [0.15, 0.2) is 42.0 Å². The molecule has 7 nitrogen and oxygen atoms in total. The third-order valence-electron chi connectivity index (χ3n) is 6.17. The van der Waals surface area contributed by atoms with Gasteiger partial charge in [0.1, 0.15) is 11.5 Å². The average Bonchev–Trinajstić information content (AvgIpc) is 3.23. The van der Waals surface area contributed by atoms with Gasteiger partial charge in [-0.05, 0) is 44.0 Å². The number of fused-ring (bicyclic) bond motifs is 1. The predicted molar refractivity (Wildman–Crippen MR) is 126 cm³/mol. The minimum atomic E-state index is -0.762. The van der Waals surface area contributed by atoms with Gasteiger partial charge in [0.05, 0.1) is 30.9 Å². The van der Waals surface area contributed by atoms with E-state index in [9.17, 15) is 14.7 Å². The van der Waals surface area contributed by atoms with Crippen LogP contribution in [0.3, 0.4) is 0 Å². The Kier molecular flexibility index (Phi) is 5.99. The number of Topliss-reactive ketones (excluding diaryl/α,β-unsaturated/α-hetero) is 1. The summed E-state index contributed by atoms with van der Waals surface area (Å²) < 4.78 is 10.8. The number of ether oxygens (including phenoxy) is 2. The summed E-state index contributed by atoms with van der Waals surface area (Å²) in [5, 5.41) is 12.4. The normalized spacial score (nSPS) is 17.8. The standard InChI is InChI=1S/C26H28N2O5/c1-14-12-15(2)25(33-5)18(13-14)23(29)21-22(28(10-11-32-4)26(31)24(21)30)20-16(3)27-19-9-7-6-8-17(19)20/h6-9,12-13,22,27,29H,10-11H2,1-5H3/b23-21+. The summed E-state index contributed by atoms with van der Waals surface area (Å²) in [6.07, 6.45) is 0. The minimum absolute atomic E-state index is 0.0484. The van der Waals surface area contributed by atoms with E-state index in [0.29, 0.717) is 11.3 Å². The number of carbonyl (C=O) groups excluding carboxylic acids is 2. The summed E-state index contributed by atoms with van der Waals surface area (Å²) in [4.78, 5) is 31.3. The summed E-state index contributed by atoms with van der Waals surface area (Å²) in [5.74, 6) is -1.16. The number of aryl methyl sites for hydroxylation is 3. The van der Waals surface area contributed by atoms with Crippen molar-refractivity contribution in [2.75, 3.05) is 27.4 Å². The number of nitrogens with one attached hydrogen (secondary N) is 1. The van der Waals surface area contributed by atoms with Crippen molar-refractivity contribution >= 4 is 28.4 Å². The Labute approximate surface area is 192 Å². The molecule has 1 aromatic heterocycles. The molecular formula is C26H28N2O5. The molecule has 0 radical (unpaired) electrons. The molecule has 1 saturated heterocycles. The summed E-state index contributed by atoms with van der Waals surface area (Å²) >= 11 is 0. The fraction of sp³-hybridized carbons (Fsp3) is 0.308. The van der Waals surface area contributed by atoms with Crippen molar-refractivity contribution in [2.45, 2.75) is 26.8 Å². The molecule has 0 bridgehead atoms. The zero-order valence-electron chi connectivity index (χ0n) is 19.5. The number of H-pyrrole nitrogens is 1. The smallest absolute Gasteiger partial charge is 0.295 e. The SMILES string of the molecule is COCCN1C(=O)C(=O)/C(=C(/O)c2cc(C)cc(C)c2OC)C1c1c(C)[nH]c2ccccc12. The molecule has 2 N–H and O–H groups in total. The van der Waals surface area contributed by atoms with Crippen molar-refractivity contribution in [1.82, 2.24) is 9.88 Å². The van der Waals surface area contributed by atoms with Crippen LogP contribution in [-0.4, -0.2) is 54.1 Å². The van der Waals surface area contributed by atoms with Gasteiger partial charge in [0.15, 0.2) is 0 Å². The van der Waals surface area contributed by atoms with Crippen LogP contribution in [0.25, 0.3) is 16.7 Å². The fourth-order valence-corrected chi connectivity index (χ4v) is 4.80. The summed E-state index contributed by atoms with van der Waals surface area (Å²) in [5.41, 5.74) is 4.67. The molecule has 7 heteroatoms. The molecule has 2 heterocycles. The van der Waals surface area contributed by atoms with Crippen LogP contribution in [0.5, 0.6) is 5.75 Å². The number of aromatic amines is 1. The number of para-hydroxylation sites is 1. The molecule has 4 rings (SSSR count). The Bertz CT molecular complexity index is 1290. The van der Waals surface area contributed by atoms with Crippen LogP contribution >= 0.6 is 0 Å². The van der Waals surface area contributed by atoms with E-state index in [2.05, 4.69) is 4.98 Å². The average molecular weight is 449 g/mol. The Hall–Kier alpha value is -3.58. The van der Waals surface area contributed by atoms with Crippen molar-refractivity contribution in [3.8, 4) is 5.75 Å². The highest BCUT2D eigenvalue weighted by Crippen LogP contribution is 2.44. The van der Waals surface area contributed by atoms with Gasteiger partial charge < -0.3 is 24.5 Å². The molecule has 33 heavy (non-hydrogen) atoms. The third kappa shape index (κ3) is 3.68. The number of aliphatic hydroxyl groups excluding tert-OH is 1. The summed E-state index contributed by atoms with van der Waals surface area (Å²) in [6.45, 7) is 6.16. The van der Waals surface area contributed by atoms with Gasteiger partial charge in [0.25, 0.3) is 11.7 Å². The summed E-state index contributed by atoms with van der Waals surface area (Å²) in [7, 11) is 3.07. The number of amides is 1. The molecule has 1 atom stereocenters. The van der Waals surface area contributed by atoms with Crippen LogP contribution < -0.4 is 4.74 Å². The fourth-order valence-electron chi connectivity index (χ4n) is 4.80. The van der Waals surface area contributed by atoms with E-state index in [1.54, 1.807) is 13.2 Å². The van der Waals surface area contributed by atoms with Gasteiger partial charge >= 0.3 is 0 Å². The Balaban J connectivity index is 2.03. The highest BCUT2D eigenvalue weighted by atomic mass is 16.5. The molecule has 0 saturated carbocycles. The first-order valence-electron chi connectivity index (χ1n) is 10.8. The first kappa shape index (κ1) is 22.6. The number of hydrogen-bond donors (Lipinski definition) is 2. The minimum Gasteiger partial charge on any atom is -0.507 e. The van der Waals surface area contributed by atoms with E-state index >= 15 is 0 Å². The van der Waals surface area contributed by atoms with Crippen LogP contribution in [0.4, 0.5) is 0 Å². The van der Waals surface area contributed by atoms with Crippen LogP contribution in [0, 0.1) is 20.8 Å². The molecule has 1 amide bonds. The quantitative estimate of drug-likeness (QED) is 0.336. The molecule has 0 aliphatic carbocycles. The third-order valence-corrected chi connectivity index (χ3v) is 6.17. The topological polar surface area (TPSA) is 91.9 Å². The molecule has 3 aromatic rings. The molecule has 1 aliphatic heterocycles. The van der Waals surface area contributed by atoms with E-state index in [1.165, 1.54) is 12.0 Å². The number of methoxy groups -OCH3 is 2. The zero-order valence-corrected chi connectivity index (χ0v) is 19.5. The number of ketones is 1. The van der Waals surface area contributed by atoms with E-state index in [1.807, 2.05) is 51.1 Å². The van der Waals surface area contributed by atoms with Crippen molar-refractivity contribution < 1.29 is 24.2 Å². The highest BCUT2D eigenvalue weighted by Gasteiger charge is 2.47. The highest BCUT2D eigenvalue weighted by molar-refractivity contribution is 6.46. The molecule has 0 spiro atoms. The van der Waals surface area contributed by atoms with Crippen LogP contribution in [0.2, 0.25) is 0 Å². The Morgan fingerprint density at radius 3 is 2.55 bits per heavy atom. The van der Waals surface area contributed by atoms with Crippen molar-refractivity contribution in [3.05, 3.63) is 69.9 Å². The number of hydrogen-bond acceptors (Lipinski definition) is 5. The van der Waals surface area contributed by atoms with Crippen molar-refractivity contribution in [3.63, 3.8) is 0 Å². The number of carbonyl (C=O) groups is 2. The van der Waals surface area contributed by atoms with E-state index in [4.69, 9.17) is 9.47 Å². The second-order valence-electron chi connectivity index (χ2n) is 8.36. The number of rotatable bonds is 6. The first-order valence-corrected chi connectivity index (χ1v) is 10.8. The van der Waals surface area contributed by atoms with Crippen LogP contribution in [0.1, 0.15) is 34.0 Å². The van der Waals surface area contributed by atoms with E-state index in [0.717, 1.165) is 33.3 Å². The van der Waals surface area contributed by atoms with Gasteiger partial charge in [0, 0.05) is 35.8 Å². The van der Waals surface area contributed by atoms with Gasteiger partial charge in [-0.2, -0.15) is 0 Å². The van der Waals surface area contributed by atoms with Crippen LogP contribution in [-0.2, 0) is 14.3 Å². The van der Waals surface area contributed by atoms with Gasteiger partial charge in [-0.25, -0.2) is 0 Å².